The summed E-state index contributed by atoms with van der Waals surface area (Å²) in [6.07, 6.45) is 6.08. The van der Waals surface area contributed by atoms with Crippen molar-refractivity contribution in [2.75, 3.05) is 20.5 Å². The van der Waals surface area contributed by atoms with Crippen LogP contribution in [0.2, 0.25) is 0 Å². The van der Waals surface area contributed by atoms with E-state index in [1.54, 1.807) is 14.2 Å². The summed E-state index contributed by atoms with van der Waals surface area (Å²) in [5.74, 6) is 1.65. The van der Waals surface area contributed by atoms with Gasteiger partial charge in [-0.3, -0.25) is 0 Å². The Morgan fingerprint density at radius 2 is 2.11 bits per heavy atom. The van der Waals surface area contributed by atoms with Crippen molar-refractivity contribution < 1.29 is 9.47 Å². The summed E-state index contributed by atoms with van der Waals surface area (Å²) in [6, 6.07) is 6.67. The molecule has 1 saturated carbocycles. The molecule has 0 amide bonds. The molecule has 3 nitrogen and oxygen atoms in total. The van der Waals surface area contributed by atoms with Gasteiger partial charge in [-0.1, -0.05) is 12.1 Å². The van der Waals surface area contributed by atoms with E-state index in [0.29, 0.717) is 6.04 Å². The summed E-state index contributed by atoms with van der Waals surface area (Å²) in [5, 5.41) is 4.46. The summed E-state index contributed by atoms with van der Waals surface area (Å²) in [5.41, 5.74) is 1.16. The van der Waals surface area contributed by atoms with Crippen molar-refractivity contribution in [2.45, 2.75) is 37.1 Å². The predicted octanol–water partition coefficient (Wildman–Crippen LogP) is 3.08. The van der Waals surface area contributed by atoms with Crippen LogP contribution >= 0.6 is 11.8 Å². The van der Waals surface area contributed by atoms with E-state index >= 15 is 0 Å². The highest BCUT2D eigenvalue weighted by molar-refractivity contribution is 7.99. The lowest BCUT2D eigenvalue weighted by atomic mass is 10.1. The van der Waals surface area contributed by atoms with Crippen LogP contribution in [0.5, 0.6) is 11.5 Å². The van der Waals surface area contributed by atoms with Crippen LogP contribution in [0.3, 0.4) is 0 Å². The van der Waals surface area contributed by atoms with Gasteiger partial charge in [0.25, 0.3) is 0 Å². The van der Waals surface area contributed by atoms with Gasteiger partial charge in [-0.05, 0) is 31.6 Å². The van der Waals surface area contributed by atoms with Gasteiger partial charge in [-0.15, -0.1) is 0 Å². The molecule has 0 aliphatic heterocycles. The minimum atomic E-state index is 0.633. The maximum Gasteiger partial charge on any atom is 0.165 e. The lowest BCUT2D eigenvalue weighted by Crippen LogP contribution is -2.26. The Morgan fingerprint density at radius 3 is 2.74 bits per heavy atom. The van der Waals surface area contributed by atoms with Gasteiger partial charge >= 0.3 is 0 Å². The van der Waals surface area contributed by atoms with E-state index in [9.17, 15) is 0 Å². The van der Waals surface area contributed by atoms with Crippen LogP contribution in [0.1, 0.15) is 24.8 Å². The number of hydrogen-bond acceptors (Lipinski definition) is 4. The van der Waals surface area contributed by atoms with E-state index in [-0.39, 0.29) is 0 Å². The fraction of sp³-hybridized carbons (Fsp3) is 0.600. The molecule has 1 aliphatic carbocycles. The second kappa shape index (κ2) is 7.06. The molecule has 1 N–H and O–H groups in total. The third kappa shape index (κ3) is 3.57. The van der Waals surface area contributed by atoms with Crippen molar-refractivity contribution in [1.82, 2.24) is 5.32 Å². The summed E-state index contributed by atoms with van der Waals surface area (Å²) in [6.45, 7) is 0.839. The summed E-state index contributed by atoms with van der Waals surface area (Å²) < 4.78 is 10.8. The number of rotatable bonds is 6. The Bertz CT molecular complexity index is 411. The molecular formula is C15H23NO2S. The van der Waals surface area contributed by atoms with Crippen LogP contribution < -0.4 is 14.8 Å². The predicted molar refractivity (Wildman–Crippen MR) is 81.3 cm³/mol. The van der Waals surface area contributed by atoms with Crippen LogP contribution in [-0.4, -0.2) is 31.8 Å². The molecule has 0 heterocycles. The van der Waals surface area contributed by atoms with Crippen molar-refractivity contribution in [3.05, 3.63) is 23.8 Å². The molecule has 2 rings (SSSR count). The van der Waals surface area contributed by atoms with E-state index in [2.05, 4.69) is 17.6 Å². The molecule has 1 aromatic carbocycles. The first-order chi connectivity index (χ1) is 9.28. The van der Waals surface area contributed by atoms with Crippen LogP contribution in [0.4, 0.5) is 0 Å². The molecule has 4 heteroatoms. The summed E-state index contributed by atoms with van der Waals surface area (Å²) in [4.78, 5) is 0. The Kier molecular flexibility index (Phi) is 5.40. The molecule has 0 bridgehead atoms. The lowest BCUT2D eigenvalue weighted by Gasteiger charge is -2.16. The van der Waals surface area contributed by atoms with Gasteiger partial charge in [0, 0.05) is 23.4 Å². The van der Waals surface area contributed by atoms with Gasteiger partial charge in [-0.2, -0.15) is 11.8 Å². The number of hydrogen-bond donors (Lipinski definition) is 1. The highest BCUT2D eigenvalue weighted by atomic mass is 32.2. The van der Waals surface area contributed by atoms with E-state index in [4.69, 9.17) is 9.47 Å². The zero-order chi connectivity index (χ0) is 13.7. The molecular weight excluding hydrogens is 258 g/mol. The van der Waals surface area contributed by atoms with Crippen LogP contribution in [-0.2, 0) is 6.54 Å². The second-order valence-electron chi connectivity index (χ2n) is 4.90. The number of nitrogens with one attached hydrogen (secondary N) is 1. The minimum Gasteiger partial charge on any atom is -0.493 e. The fourth-order valence-electron chi connectivity index (χ4n) is 2.69. The molecule has 1 aliphatic rings. The maximum absolute atomic E-state index is 5.46. The molecule has 0 aromatic heterocycles. The first-order valence-corrected chi connectivity index (χ1v) is 8.03. The number of benzene rings is 1. The smallest absolute Gasteiger partial charge is 0.165 e. The van der Waals surface area contributed by atoms with Gasteiger partial charge < -0.3 is 14.8 Å². The van der Waals surface area contributed by atoms with E-state index in [1.165, 1.54) is 19.3 Å². The van der Waals surface area contributed by atoms with Gasteiger partial charge in [0.15, 0.2) is 11.5 Å². The fourth-order valence-corrected chi connectivity index (χ4v) is 3.48. The molecule has 2 atom stereocenters. The normalized spacial score (nSPS) is 22.5. The van der Waals surface area contributed by atoms with Crippen LogP contribution in [0.15, 0.2) is 18.2 Å². The molecule has 0 radical (unpaired) electrons. The third-order valence-electron chi connectivity index (χ3n) is 3.78. The Morgan fingerprint density at radius 1 is 1.26 bits per heavy atom. The Balaban J connectivity index is 1.96. The molecule has 1 aromatic rings. The highest BCUT2D eigenvalue weighted by Gasteiger charge is 2.23. The van der Waals surface area contributed by atoms with Gasteiger partial charge in [-0.25, -0.2) is 0 Å². The van der Waals surface area contributed by atoms with Crippen molar-refractivity contribution in [1.29, 1.82) is 0 Å². The van der Waals surface area contributed by atoms with Crippen molar-refractivity contribution in [2.24, 2.45) is 0 Å². The number of thioether (sulfide) groups is 1. The summed E-state index contributed by atoms with van der Waals surface area (Å²) in [7, 11) is 3.37. The highest BCUT2D eigenvalue weighted by Crippen LogP contribution is 2.32. The molecule has 2 unspecified atom stereocenters. The topological polar surface area (TPSA) is 30.5 Å². The minimum absolute atomic E-state index is 0.633. The van der Waals surface area contributed by atoms with Crippen molar-refractivity contribution in [3.8, 4) is 11.5 Å². The molecule has 1 fully saturated rings. The average Bonchev–Trinajstić information content (AvgIpc) is 2.92. The van der Waals surface area contributed by atoms with Crippen molar-refractivity contribution >= 4 is 11.8 Å². The van der Waals surface area contributed by atoms with E-state index in [1.807, 2.05) is 23.9 Å². The van der Waals surface area contributed by atoms with Crippen LogP contribution in [0, 0.1) is 0 Å². The molecule has 106 valence electrons. The van der Waals surface area contributed by atoms with Gasteiger partial charge in [0.2, 0.25) is 0 Å². The summed E-state index contributed by atoms with van der Waals surface area (Å²) >= 11 is 1.99. The number of para-hydroxylation sites is 1. The monoisotopic (exact) mass is 281 g/mol. The number of methoxy groups -OCH3 is 2. The Labute approximate surface area is 120 Å². The zero-order valence-electron chi connectivity index (χ0n) is 11.9. The van der Waals surface area contributed by atoms with Gasteiger partial charge in [0.05, 0.1) is 14.2 Å². The van der Waals surface area contributed by atoms with Crippen LogP contribution in [0.25, 0.3) is 0 Å². The lowest BCUT2D eigenvalue weighted by molar-refractivity contribution is 0.349. The van der Waals surface area contributed by atoms with E-state index < -0.39 is 0 Å². The Hall–Kier alpha value is -0.870. The first kappa shape index (κ1) is 14.5. The first-order valence-electron chi connectivity index (χ1n) is 6.74. The van der Waals surface area contributed by atoms with E-state index in [0.717, 1.165) is 28.9 Å². The average molecular weight is 281 g/mol. The SMILES string of the molecule is COc1cccc(CNC2CCC(SC)C2)c1OC. The third-order valence-corrected chi connectivity index (χ3v) is 4.88. The molecule has 0 saturated heterocycles. The van der Waals surface area contributed by atoms with Gasteiger partial charge in [0.1, 0.15) is 0 Å². The largest absolute Gasteiger partial charge is 0.493 e. The standard InChI is InChI=1S/C15H23NO2S/c1-17-14-6-4-5-11(15(14)18-2)10-16-12-7-8-13(9-12)19-3/h4-6,12-13,16H,7-10H2,1-3H3. The molecule has 0 spiro atoms. The number of ether oxygens (including phenoxy) is 2. The second-order valence-corrected chi connectivity index (χ2v) is 6.04. The maximum atomic E-state index is 5.46. The zero-order valence-corrected chi connectivity index (χ0v) is 12.8. The van der Waals surface area contributed by atoms with Crippen molar-refractivity contribution in [3.63, 3.8) is 0 Å². The quantitative estimate of drug-likeness (QED) is 0.868. The molecule has 19 heavy (non-hydrogen) atoms.